The van der Waals surface area contributed by atoms with Gasteiger partial charge in [0.25, 0.3) is 5.91 Å². The van der Waals surface area contributed by atoms with Crippen molar-refractivity contribution in [3.63, 3.8) is 0 Å². The molecule has 0 unspecified atom stereocenters. The van der Waals surface area contributed by atoms with Crippen molar-refractivity contribution in [3.8, 4) is 0 Å². The van der Waals surface area contributed by atoms with E-state index in [1.807, 2.05) is 0 Å². The Balaban J connectivity index is 1.90. The van der Waals surface area contributed by atoms with Crippen LogP contribution < -0.4 is 5.32 Å². The number of aryl methyl sites for hydroxylation is 1. The molecule has 0 aromatic carbocycles. The number of rotatable bonds is 2. The summed E-state index contributed by atoms with van der Waals surface area (Å²) in [5.41, 5.74) is 1.18. The summed E-state index contributed by atoms with van der Waals surface area (Å²) in [6.07, 6.45) is 4.57. The van der Waals surface area contributed by atoms with Gasteiger partial charge in [0.1, 0.15) is 11.2 Å². The Morgan fingerprint density at radius 1 is 1.42 bits per heavy atom. The van der Waals surface area contributed by atoms with E-state index in [4.69, 9.17) is 11.6 Å². The van der Waals surface area contributed by atoms with Gasteiger partial charge in [0.05, 0.1) is 12.7 Å². The van der Waals surface area contributed by atoms with Crippen LogP contribution in [0, 0.1) is 0 Å². The summed E-state index contributed by atoms with van der Waals surface area (Å²) in [7, 11) is 1.77. The normalized spacial score (nSPS) is 10.8. The topological polar surface area (TPSA) is 101 Å². The number of nitrogens with one attached hydrogen (secondary N) is 2. The van der Waals surface area contributed by atoms with Crippen LogP contribution in [0.15, 0.2) is 18.9 Å². The average molecular weight is 278 g/mol. The molecular formula is C10H8ClN7O. The van der Waals surface area contributed by atoms with Crippen molar-refractivity contribution in [1.29, 1.82) is 0 Å². The van der Waals surface area contributed by atoms with E-state index < -0.39 is 5.91 Å². The van der Waals surface area contributed by atoms with E-state index in [0.717, 1.165) is 0 Å². The van der Waals surface area contributed by atoms with Crippen molar-refractivity contribution in [1.82, 2.24) is 29.5 Å². The number of aromatic amines is 1. The summed E-state index contributed by atoms with van der Waals surface area (Å²) < 4.78 is 1.67. The first-order chi connectivity index (χ1) is 9.13. The van der Waals surface area contributed by atoms with Crippen molar-refractivity contribution in [2.24, 2.45) is 7.05 Å². The molecule has 19 heavy (non-hydrogen) atoms. The zero-order valence-corrected chi connectivity index (χ0v) is 10.5. The number of anilines is 1. The zero-order valence-electron chi connectivity index (χ0n) is 9.75. The Bertz CT molecular complexity index is 762. The summed E-state index contributed by atoms with van der Waals surface area (Å²) >= 11 is 5.94. The standard InChI is InChI=1S/C10H8ClN7O/c1-18-2-5(14-4-18)9(19)17-10-15-7(11)6-8(16-10)13-3-12-6/h2-4H,1H3,(H2,12,13,15,16,17,19). The van der Waals surface area contributed by atoms with Crippen LogP contribution in [0.4, 0.5) is 5.95 Å². The molecule has 0 atom stereocenters. The smallest absolute Gasteiger partial charge is 0.278 e. The van der Waals surface area contributed by atoms with Gasteiger partial charge in [-0.2, -0.15) is 9.97 Å². The number of halogens is 1. The van der Waals surface area contributed by atoms with Crippen LogP contribution in [0.1, 0.15) is 10.5 Å². The third-order valence-electron chi connectivity index (χ3n) is 2.40. The molecule has 2 N–H and O–H groups in total. The van der Waals surface area contributed by atoms with E-state index in [1.54, 1.807) is 17.8 Å². The number of imidazole rings is 2. The molecule has 8 nitrogen and oxygen atoms in total. The zero-order chi connectivity index (χ0) is 13.4. The van der Waals surface area contributed by atoms with Crippen LogP contribution in [-0.2, 0) is 7.05 Å². The molecule has 0 saturated heterocycles. The minimum Gasteiger partial charge on any atom is -0.341 e. The van der Waals surface area contributed by atoms with Gasteiger partial charge in [0.15, 0.2) is 10.8 Å². The van der Waals surface area contributed by atoms with Gasteiger partial charge in [0.2, 0.25) is 5.95 Å². The number of fused-ring (bicyclic) bond motifs is 1. The predicted molar refractivity (Wildman–Crippen MR) is 67.9 cm³/mol. The quantitative estimate of drug-likeness (QED) is 0.680. The second-order valence-corrected chi connectivity index (χ2v) is 4.18. The monoisotopic (exact) mass is 277 g/mol. The molecule has 3 aromatic heterocycles. The van der Waals surface area contributed by atoms with Gasteiger partial charge < -0.3 is 9.55 Å². The van der Waals surface area contributed by atoms with Crippen LogP contribution >= 0.6 is 11.6 Å². The molecular weight excluding hydrogens is 270 g/mol. The molecule has 0 saturated carbocycles. The first-order valence-electron chi connectivity index (χ1n) is 5.29. The number of carbonyl (C=O) groups excluding carboxylic acids is 1. The average Bonchev–Trinajstić information content (AvgIpc) is 2.97. The highest BCUT2D eigenvalue weighted by Crippen LogP contribution is 2.18. The lowest BCUT2D eigenvalue weighted by atomic mass is 10.4. The lowest BCUT2D eigenvalue weighted by Crippen LogP contribution is -2.14. The van der Waals surface area contributed by atoms with E-state index in [2.05, 4.69) is 30.2 Å². The first kappa shape index (κ1) is 11.6. The third-order valence-corrected chi connectivity index (χ3v) is 2.68. The van der Waals surface area contributed by atoms with Gasteiger partial charge in [-0.25, -0.2) is 9.97 Å². The van der Waals surface area contributed by atoms with Crippen LogP contribution in [0.25, 0.3) is 11.2 Å². The maximum Gasteiger partial charge on any atom is 0.278 e. The third kappa shape index (κ3) is 2.13. The molecule has 0 fully saturated rings. The molecule has 9 heteroatoms. The number of carbonyl (C=O) groups is 1. The second kappa shape index (κ2) is 4.32. The molecule has 1 amide bonds. The predicted octanol–water partition coefficient (Wildman–Crippen LogP) is 0.992. The number of hydrogen-bond acceptors (Lipinski definition) is 5. The molecule has 0 radical (unpaired) electrons. The largest absolute Gasteiger partial charge is 0.341 e. The van der Waals surface area contributed by atoms with Crippen molar-refractivity contribution in [2.45, 2.75) is 0 Å². The summed E-state index contributed by atoms with van der Waals surface area (Å²) in [5.74, 6) is -0.327. The van der Waals surface area contributed by atoms with E-state index in [0.29, 0.717) is 11.2 Å². The molecule has 96 valence electrons. The van der Waals surface area contributed by atoms with Crippen molar-refractivity contribution < 1.29 is 4.79 Å². The summed E-state index contributed by atoms with van der Waals surface area (Å²) in [4.78, 5) is 30.6. The fourth-order valence-corrected chi connectivity index (χ4v) is 1.77. The molecule has 0 spiro atoms. The lowest BCUT2D eigenvalue weighted by molar-refractivity contribution is 0.102. The molecule has 3 rings (SSSR count). The van der Waals surface area contributed by atoms with Crippen molar-refractivity contribution in [2.75, 3.05) is 5.32 Å². The van der Waals surface area contributed by atoms with E-state index in [9.17, 15) is 4.79 Å². The Labute approximate surface area is 111 Å². The highest BCUT2D eigenvalue weighted by atomic mass is 35.5. The first-order valence-corrected chi connectivity index (χ1v) is 5.67. The van der Waals surface area contributed by atoms with Gasteiger partial charge in [0, 0.05) is 13.2 Å². The van der Waals surface area contributed by atoms with E-state index >= 15 is 0 Å². The highest BCUT2D eigenvalue weighted by Gasteiger charge is 2.13. The SMILES string of the molecule is Cn1cnc(C(=O)Nc2nc(Cl)c3[nH]cnc3n2)c1. The van der Waals surface area contributed by atoms with Crippen molar-refractivity contribution >= 4 is 34.6 Å². The van der Waals surface area contributed by atoms with E-state index in [1.165, 1.54) is 12.7 Å². The van der Waals surface area contributed by atoms with E-state index in [-0.39, 0.29) is 16.8 Å². The van der Waals surface area contributed by atoms with Gasteiger partial charge >= 0.3 is 0 Å². The van der Waals surface area contributed by atoms with Crippen LogP contribution in [0.5, 0.6) is 0 Å². The van der Waals surface area contributed by atoms with Crippen molar-refractivity contribution in [3.05, 3.63) is 29.7 Å². The lowest BCUT2D eigenvalue weighted by Gasteiger charge is -2.01. The van der Waals surface area contributed by atoms with Crippen LogP contribution in [0.3, 0.4) is 0 Å². The number of hydrogen-bond donors (Lipinski definition) is 2. The highest BCUT2D eigenvalue weighted by molar-refractivity contribution is 6.33. The number of nitrogens with zero attached hydrogens (tertiary/aromatic N) is 5. The summed E-state index contributed by atoms with van der Waals surface area (Å²) in [5, 5.41) is 2.71. The fourth-order valence-electron chi connectivity index (χ4n) is 1.55. The van der Waals surface area contributed by atoms with Crippen LogP contribution in [-0.4, -0.2) is 35.4 Å². The van der Waals surface area contributed by atoms with Gasteiger partial charge in [-0.15, -0.1) is 0 Å². The number of amides is 1. The molecule has 3 heterocycles. The van der Waals surface area contributed by atoms with Gasteiger partial charge in [-0.3, -0.25) is 10.1 Å². The molecule has 3 aromatic rings. The number of aromatic nitrogens is 6. The minimum atomic E-state index is -0.411. The molecule has 0 aliphatic carbocycles. The van der Waals surface area contributed by atoms with Gasteiger partial charge in [-0.05, 0) is 0 Å². The minimum absolute atomic E-state index is 0.0836. The Morgan fingerprint density at radius 2 is 2.26 bits per heavy atom. The fraction of sp³-hybridized carbons (Fsp3) is 0.100. The van der Waals surface area contributed by atoms with Crippen LogP contribution in [0.2, 0.25) is 5.15 Å². The Kier molecular flexibility index (Phi) is 2.64. The molecule has 0 bridgehead atoms. The maximum absolute atomic E-state index is 11.9. The van der Waals surface area contributed by atoms with Gasteiger partial charge in [-0.1, -0.05) is 11.6 Å². The Hall–Kier alpha value is -2.48. The Morgan fingerprint density at radius 3 is 3.00 bits per heavy atom. The summed E-state index contributed by atoms with van der Waals surface area (Å²) in [6.45, 7) is 0. The molecule has 0 aliphatic heterocycles. The summed E-state index contributed by atoms with van der Waals surface area (Å²) in [6, 6.07) is 0. The second-order valence-electron chi connectivity index (χ2n) is 3.82. The number of H-pyrrole nitrogens is 1. The molecule has 0 aliphatic rings. The maximum atomic E-state index is 11.9.